The molecule has 5 heterocycles. The van der Waals surface area contributed by atoms with Crippen LogP contribution < -0.4 is 35.4 Å². The first-order valence-corrected chi connectivity index (χ1v) is 20.3. The number of likely N-dealkylation sites (tertiary alicyclic amines) is 1. The SMILES string of the molecule is COc1cc(C(=O)NC2CC3(CCN(CC4CCN(c5ccc(C6CCC(=O)NC6=O)cc5F)CC4)CC3)C2)ccc1Nc1ncc2c(n1)N(C)CC(F)(F)C(=O)N2C. The van der Waals surface area contributed by atoms with Gasteiger partial charge in [0.15, 0.2) is 5.82 Å². The van der Waals surface area contributed by atoms with Crippen LogP contribution in [-0.2, 0) is 14.4 Å². The third-order valence-corrected chi connectivity index (χ3v) is 12.9. The molecule has 8 rings (SSSR count). The lowest BCUT2D eigenvalue weighted by Crippen LogP contribution is -2.55. The number of piperidine rings is 3. The molecule has 4 amide bonds. The summed E-state index contributed by atoms with van der Waals surface area (Å²) < 4.78 is 49.6. The highest BCUT2D eigenvalue weighted by molar-refractivity contribution is 6.02. The van der Waals surface area contributed by atoms with Crippen LogP contribution in [0.25, 0.3) is 0 Å². The van der Waals surface area contributed by atoms with E-state index in [1.807, 2.05) is 6.07 Å². The van der Waals surface area contributed by atoms with E-state index in [9.17, 15) is 28.0 Å². The summed E-state index contributed by atoms with van der Waals surface area (Å²) in [6, 6.07) is 10.1. The molecule has 5 aliphatic rings. The molecule has 1 aliphatic carbocycles. The van der Waals surface area contributed by atoms with E-state index in [4.69, 9.17) is 4.74 Å². The molecule has 1 unspecified atom stereocenters. The Morgan fingerprint density at radius 2 is 1.73 bits per heavy atom. The van der Waals surface area contributed by atoms with E-state index in [0.29, 0.717) is 40.6 Å². The lowest BCUT2D eigenvalue weighted by Gasteiger charge is -2.52. The Morgan fingerprint density at radius 1 is 0.983 bits per heavy atom. The van der Waals surface area contributed by atoms with Crippen molar-refractivity contribution in [2.24, 2.45) is 11.3 Å². The van der Waals surface area contributed by atoms with Crippen LogP contribution in [0.2, 0.25) is 0 Å². The molecule has 314 valence electrons. The third kappa shape index (κ3) is 8.25. The summed E-state index contributed by atoms with van der Waals surface area (Å²) in [7, 11) is 4.18. The number of aromatic nitrogens is 2. The number of carbonyl (C=O) groups is 4. The number of hydrogen-bond donors (Lipinski definition) is 3. The second-order valence-corrected chi connectivity index (χ2v) is 16.9. The smallest absolute Gasteiger partial charge is 0.342 e. The molecule has 0 radical (unpaired) electrons. The Bertz CT molecular complexity index is 2130. The number of alkyl halides is 2. The summed E-state index contributed by atoms with van der Waals surface area (Å²) in [4.78, 5) is 64.8. The van der Waals surface area contributed by atoms with Crippen molar-refractivity contribution in [3.8, 4) is 5.75 Å². The van der Waals surface area contributed by atoms with Crippen LogP contribution in [0.3, 0.4) is 0 Å². The molecule has 4 aliphatic heterocycles. The van der Waals surface area contributed by atoms with Gasteiger partial charge in [-0.3, -0.25) is 24.5 Å². The molecule has 3 N–H and O–H groups in total. The highest BCUT2D eigenvalue weighted by Gasteiger charge is 2.47. The second kappa shape index (κ2) is 16.0. The van der Waals surface area contributed by atoms with E-state index < -0.39 is 24.3 Å². The molecule has 0 bridgehead atoms. The van der Waals surface area contributed by atoms with E-state index in [1.54, 1.807) is 24.3 Å². The number of methoxy groups -OCH3 is 1. The van der Waals surface area contributed by atoms with Gasteiger partial charge in [-0.1, -0.05) is 6.07 Å². The highest BCUT2D eigenvalue weighted by atomic mass is 19.3. The minimum Gasteiger partial charge on any atom is -0.495 e. The Morgan fingerprint density at radius 3 is 2.42 bits per heavy atom. The van der Waals surface area contributed by atoms with Gasteiger partial charge in [-0.2, -0.15) is 13.8 Å². The van der Waals surface area contributed by atoms with Gasteiger partial charge in [0.2, 0.25) is 17.8 Å². The highest BCUT2D eigenvalue weighted by Crippen LogP contribution is 2.49. The van der Waals surface area contributed by atoms with Crippen LogP contribution in [0.4, 0.5) is 42.0 Å². The number of carbonyl (C=O) groups excluding carboxylic acids is 4. The molecule has 1 saturated carbocycles. The fourth-order valence-corrected chi connectivity index (χ4v) is 9.50. The molecule has 3 saturated heterocycles. The van der Waals surface area contributed by atoms with Crippen molar-refractivity contribution < 1.29 is 37.1 Å². The standard InChI is InChI=1S/C42H50F3N9O5/c1-51-24-42(44,45)39(58)52(2)33-22-46-40(50-36(33)51)48-31-7-4-27(19-34(31)59-3)37(56)47-28-20-41(21-28)12-16-53(17-13-41)23-25-10-14-54(15-11-25)32-8-5-26(18-30(32)43)29-6-9-35(55)49-38(29)57/h4-5,7-8,18-19,22,25,28-29H,6,9-17,20-21,23-24H2,1-3H3,(H,47,56)(H,46,48,50)(H,49,55,57). The van der Waals surface area contributed by atoms with E-state index in [1.165, 1.54) is 38.4 Å². The number of nitrogens with zero attached hydrogens (tertiary/aromatic N) is 6. The van der Waals surface area contributed by atoms with E-state index in [0.717, 1.165) is 76.1 Å². The van der Waals surface area contributed by atoms with Crippen LogP contribution in [-0.4, -0.2) is 111 Å². The molecule has 14 nitrogen and oxygen atoms in total. The van der Waals surface area contributed by atoms with Gasteiger partial charge in [-0.25, -0.2) is 9.37 Å². The molecule has 1 atom stereocenters. The van der Waals surface area contributed by atoms with Gasteiger partial charge >= 0.3 is 5.92 Å². The first-order valence-electron chi connectivity index (χ1n) is 20.3. The maximum atomic E-state index is 15.3. The molecule has 4 fully saturated rings. The van der Waals surface area contributed by atoms with Crippen molar-refractivity contribution in [3.63, 3.8) is 0 Å². The normalized spacial score (nSPS) is 22.4. The number of anilines is 5. The van der Waals surface area contributed by atoms with Gasteiger partial charge in [0.05, 0.1) is 37.1 Å². The molecule has 1 aromatic heterocycles. The van der Waals surface area contributed by atoms with Crippen molar-refractivity contribution in [1.29, 1.82) is 0 Å². The average molecular weight is 818 g/mol. The van der Waals surface area contributed by atoms with Crippen LogP contribution in [0, 0.1) is 17.2 Å². The Balaban J connectivity index is 0.782. The monoisotopic (exact) mass is 817 g/mol. The quantitative estimate of drug-likeness (QED) is 0.255. The minimum atomic E-state index is -3.58. The molecule has 2 aromatic carbocycles. The van der Waals surface area contributed by atoms with Gasteiger partial charge in [0.25, 0.3) is 11.8 Å². The average Bonchev–Trinajstić information content (AvgIpc) is 3.26. The third-order valence-electron chi connectivity index (χ3n) is 12.9. The van der Waals surface area contributed by atoms with Crippen LogP contribution in [0.1, 0.15) is 73.2 Å². The van der Waals surface area contributed by atoms with Crippen molar-refractivity contribution in [1.82, 2.24) is 25.5 Å². The molecule has 17 heteroatoms. The lowest BCUT2D eigenvalue weighted by molar-refractivity contribution is -0.140. The largest absolute Gasteiger partial charge is 0.495 e. The van der Waals surface area contributed by atoms with Crippen LogP contribution >= 0.6 is 0 Å². The van der Waals surface area contributed by atoms with Gasteiger partial charge < -0.3 is 35.0 Å². The fraction of sp³-hybridized carbons (Fsp3) is 0.524. The number of nitrogens with one attached hydrogen (secondary N) is 3. The predicted molar refractivity (Wildman–Crippen MR) is 215 cm³/mol. The topological polar surface area (TPSA) is 152 Å². The van der Waals surface area contributed by atoms with Gasteiger partial charge in [-0.15, -0.1) is 0 Å². The summed E-state index contributed by atoms with van der Waals surface area (Å²) >= 11 is 0. The number of ether oxygens (including phenoxy) is 1. The lowest BCUT2D eigenvalue weighted by atomic mass is 9.60. The zero-order valence-electron chi connectivity index (χ0n) is 33.5. The summed E-state index contributed by atoms with van der Waals surface area (Å²) in [5, 5.41) is 8.59. The number of fused-ring (bicyclic) bond motifs is 1. The molecule has 59 heavy (non-hydrogen) atoms. The van der Waals surface area contributed by atoms with E-state index in [2.05, 4.69) is 35.7 Å². The summed E-state index contributed by atoms with van der Waals surface area (Å²) in [6.07, 6.45) is 7.99. The maximum absolute atomic E-state index is 15.3. The fourth-order valence-electron chi connectivity index (χ4n) is 9.50. The van der Waals surface area contributed by atoms with Crippen LogP contribution in [0.5, 0.6) is 5.75 Å². The Hall–Kier alpha value is -5.45. The van der Waals surface area contributed by atoms with Crippen molar-refractivity contribution in [2.45, 2.75) is 69.2 Å². The molecular weight excluding hydrogens is 768 g/mol. The Labute approximate surface area is 340 Å². The van der Waals surface area contributed by atoms with Crippen LogP contribution in [0.15, 0.2) is 42.6 Å². The summed E-state index contributed by atoms with van der Waals surface area (Å²) in [5.74, 6) is -5.39. The number of imide groups is 1. The number of rotatable bonds is 9. The number of hydrogen-bond acceptors (Lipinski definition) is 11. The van der Waals surface area contributed by atoms with Crippen molar-refractivity contribution in [3.05, 3.63) is 59.5 Å². The number of amides is 4. The Kier molecular flexibility index (Phi) is 10.9. The minimum absolute atomic E-state index is 0.0861. The van der Waals surface area contributed by atoms with Gasteiger partial charge in [0.1, 0.15) is 17.3 Å². The molecule has 1 spiro atoms. The summed E-state index contributed by atoms with van der Waals surface area (Å²) in [6.45, 7) is 3.80. The molecular formula is C42H50F3N9O5. The molecule has 3 aromatic rings. The van der Waals surface area contributed by atoms with Gasteiger partial charge in [0, 0.05) is 51.8 Å². The second-order valence-electron chi connectivity index (χ2n) is 16.9. The number of benzene rings is 2. The zero-order valence-corrected chi connectivity index (χ0v) is 33.5. The van der Waals surface area contributed by atoms with Crippen molar-refractivity contribution >= 4 is 52.5 Å². The first kappa shape index (κ1) is 40.3. The summed E-state index contributed by atoms with van der Waals surface area (Å²) in [5.41, 5.74) is 2.47. The number of halogens is 3. The first-order chi connectivity index (χ1) is 28.2. The van der Waals surface area contributed by atoms with Gasteiger partial charge in [-0.05, 0) is 105 Å². The van der Waals surface area contributed by atoms with Crippen molar-refractivity contribution in [2.75, 3.05) is 80.5 Å². The van der Waals surface area contributed by atoms with E-state index >= 15 is 4.39 Å². The zero-order chi connectivity index (χ0) is 41.6. The predicted octanol–water partition coefficient (Wildman–Crippen LogP) is 4.83. The van der Waals surface area contributed by atoms with E-state index in [-0.39, 0.29) is 58.9 Å². The maximum Gasteiger partial charge on any atom is 0.342 e.